The van der Waals surface area contributed by atoms with Gasteiger partial charge in [0.15, 0.2) is 0 Å². The van der Waals surface area contributed by atoms with Crippen molar-refractivity contribution in [3.8, 4) is 11.5 Å². The lowest BCUT2D eigenvalue weighted by atomic mass is 10.0. The quantitative estimate of drug-likeness (QED) is 0.111. The molecule has 0 unspecified atom stereocenters. The molecule has 3 amide bonds. The van der Waals surface area contributed by atoms with Gasteiger partial charge in [-0.2, -0.15) is 0 Å². The van der Waals surface area contributed by atoms with Gasteiger partial charge in [-0.05, 0) is 83.6 Å². The number of carbonyl (C=O) groups is 4. The van der Waals surface area contributed by atoms with Crippen LogP contribution >= 0.6 is 47.5 Å². The van der Waals surface area contributed by atoms with Gasteiger partial charge in [-0.1, -0.05) is 24.3 Å². The summed E-state index contributed by atoms with van der Waals surface area (Å²) in [4.78, 5) is 55.3. The molecule has 4 aromatic heterocycles. The van der Waals surface area contributed by atoms with Crippen molar-refractivity contribution in [2.75, 3.05) is 36.8 Å². The molecule has 2 aromatic carbocycles. The van der Waals surface area contributed by atoms with Gasteiger partial charge < -0.3 is 35.4 Å². The molecule has 61 heavy (non-hydrogen) atoms. The number of amides is 3. The molecule has 316 valence electrons. The number of aliphatic carboxylic acids is 1. The number of aryl methyl sites for hydroxylation is 2. The molecule has 0 atom stereocenters. The van der Waals surface area contributed by atoms with Crippen molar-refractivity contribution < 1.29 is 33.8 Å². The summed E-state index contributed by atoms with van der Waals surface area (Å²) in [5, 5.41) is 23.6. The summed E-state index contributed by atoms with van der Waals surface area (Å²) in [7, 11) is 0. The standard InChI is InChI=1S/C22H19N3O3S.C11H10N2O3.C11H11NOS.2ClH/c26-20-7-6-15-9-14(10-23-22(15)24-20)5-8-21(27)25-11-16(12-25)28-18-13-29-19-4-2-1-3-17(18)19;14-9-3-2-8-5-7(1-4-10(15)16)6-12-11(8)13-9;1-2-4-11-9(3-1)10(7-14-11)13-8-5-12-6-8;;/h1-5,8-10,13,16H,6-7,11-12H2,(H,23,24,26);1,4-6H,2-3H2,(H,15,16)(H,12,13,14);1-4,7-8,12H,5-6H2;2*1H/b8-5+;4-1+;;;. The van der Waals surface area contributed by atoms with E-state index in [9.17, 15) is 19.2 Å². The number of benzene rings is 2. The van der Waals surface area contributed by atoms with Crippen LogP contribution in [0, 0.1) is 0 Å². The zero-order valence-electron chi connectivity index (χ0n) is 32.6. The monoisotopic (exact) mass is 900 g/mol. The molecule has 17 heteroatoms. The summed E-state index contributed by atoms with van der Waals surface area (Å²) in [6.07, 6.45) is 11.7. The smallest absolute Gasteiger partial charge is 0.328 e. The normalized spacial score (nSPS) is 15.6. The van der Waals surface area contributed by atoms with Crippen LogP contribution < -0.4 is 25.4 Å². The first kappa shape index (κ1) is 44.7. The summed E-state index contributed by atoms with van der Waals surface area (Å²) in [6, 6.07) is 20.3. The average Bonchev–Trinajstić information content (AvgIpc) is 3.83. The Hall–Kier alpha value is -5.84. The van der Waals surface area contributed by atoms with Crippen molar-refractivity contribution in [3.05, 3.63) is 118 Å². The van der Waals surface area contributed by atoms with E-state index < -0.39 is 5.97 Å². The SMILES string of the molecule is Cl.Cl.O=C(O)/C=C/c1cnc2c(c1)CCC(=O)N2.O=C1CCc2cc(/C=C/C(=O)N3CC(Oc4csc5ccccc45)C3)cnc2N1.c1ccc2c(OC3CNC3)csc2c1. The molecule has 0 aliphatic carbocycles. The number of thiophene rings is 2. The summed E-state index contributed by atoms with van der Waals surface area (Å²) in [5.74, 6) is 2.05. The third-order valence-electron chi connectivity index (χ3n) is 9.95. The van der Waals surface area contributed by atoms with E-state index in [4.69, 9.17) is 14.6 Å². The second kappa shape index (κ2) is 20.6. The number of aromatic nitrogens is 2. The molecule has 4 aliphatic rings. The minimum atomic E-state index is -0.994. The van der Waals surface area contributed by atoms with Crippen LogP contribution in [0.3, 0.4) is 0 Å². The van der Waals surface area contributed by atoms with Crippen molar-refractivity contribution in [2.24, 2.45) is 0 Å². The van der Waals surface area contributed by atoms with Crippen LogP contribution in [-0.2, 0) is 32.0 Å². The number of pyridine rings is 2. The van der Waals surface area contributed by atoms with E-state index in [-0.39, 0.29) is 48.6 Å². The number of ether oxygens (including phenoxy) is 2. The van der Waals surface area contributed by atoms with Gasteiger partial charge in [-0.3, -0.25) is 14.4 Å². The van der Waals surface area contributed by atoms with Crippen molar-refractivity contribution in [1.82, 2.24) is 20.2 Å². The highest BCUT2D eigenvalue weighted by atomic mass is 35.5. The van der Waals surface area contributed by atoms with Gasteiger partial charge in [0, 0.05) is 81.4 Å². The molecule has 8 heterocycles. The zero-order chi connectivity index (χ0) is 40.7. The lowest BCUT2D eigenvalue weighted by molar-refractivity contribution is -0.134. The van der Waals surface area contributed by atoms with Gasteiger partial charge in [0.2, 0.25) is 17.7 Å². The molecule has 2 fully saturated rings. The maximum absolute atomic E-state index is 12.4. The van der Waals surface area contributed by atoms with Crippen LogP contribution in [0.15, 0.2) is 96.0 Å². The number of fused-ring (bicyclic) bond motifs is 4. The minimum Gasteiger partial charge on any atom is -0.486 e. The average molecular weight is 902 g/mol. The number of anilines is 2. The maximum Gasteiger partial charge on any atom is 0.328 e. The lowest BCUT2D eigenvalue weighted by Crippen LogP contribution is -2.55. The van der Waals surface area contributed by atoms with Gasteiger partial charge in [-0.25, -0.2) is 14.8 Å². The Bertz CT molecular complexity index is 2600. The molecule has 10 rings (SSSR count). The van der Waals surface area contributed by atoms with Crippen molar-refractivity contribution in [2.45, 2.75) is 37.9 Å². The van der Waals surface area contributed by atoms with E-state index in [0.29, 0.717) is 56.5 Å². The molecule has 0 bridgehead atoms. The summed E-state index contributed by atoms with van der Waals surface area (Å²) in [6.45, 7) is 3.12. The molecule has 4 aliphatic heterocycles. The number of hydrogen-bond acceptors (Lipinski definition) is 11. The molecule has 6 aromatic rings. The third kappa shape index (κ3) is 11.3. The first-order chi connectivity index (χ1) is 28.7. The number of halogens is 2. The highest BCUT2D eigenvalue weighted by Crippen LogP contribution is 2.34. The second-order valence-electron chi connectivity index (χ2n) is 14.2. The Morgan fingerprint density at radius 2 is 1.20 bits per heavy atom. The van der Waals surface area contributed by atoms with Gasteiger partial charge in [0.05, 0.1) is 13.1 Å². The molecule has 0 spiro atoms. The predicted molar refractivity (Wildman–Crippen MR) is 245 cm³/mol. The molecular formula is C44H42Cl2N6O7S2. The van der Waals surface area contributed by atoms with Crippen LogP contribution in [0.1, 0.15) is 35.1 Å². The van der Waals surface area contributed by atoms with Crippen LogP contribution in [0.5, 0.6) is 11.5 Å². The van der Waals surface area contributed by atoms with Crippen molar-refractivity contribution >= 4 is 115 Å². The van der Waals surface area contributed by atoms with Gasteiger partial charge in [0.25, 0.3) is 0 Å². The zero-order valence-corrected chi connectivity index (χ0v) is 35.8. The fourth-order valence-corrected chi connectivity index (χ4v) is 8.40. The summed E-state index contributed by atoms with van der Waals surface area (Å²) in [5.41, 5.74) is 3.51. The molecule has 2 saturated heterocycles. The summed E-state index contributed by atoms with van der Waals surface area (Å²) < 4.78 is 14.4. The Morgan fingerprint density at radius 3 is 1.69 bits per heavy atom. The molecule has 4 N–H and O–H groups in total. The lowest BCUT2D eigenvalue weighted by Gasteiger charge is -2.38. The summed E-state index contributed by atoms with van der Waals surface area (Å²) >= 11 is 3.41. The third-order valence-corrected chi connectivity index (χ3v) is 11.8. The van der Waals surface area contributed by atoms with E-state index in [1.165, 1.54) is 27.1 Å². The van der Waals surface area contributed by atoms with Crippen molar-refractivity contribution in [3.63, 3.8) is 0 Å². The highest BCUT2D eigenvalue weighted by Gasteiger charge is 2.31. The Kier molecular flexibility index (Phi) is 15.1. The fraction of sp³-hybridized carbons (Fsp3) is 0.227. The first-order valence-corrected chi connectivity index (χ1v) is 20.9. The van der Waals surface area contributed by atoms with Crippen LogP contribution in [-0.4, -0.2) is 82.1 Å². The van der Waals surface area contributed by atoms with E-state index in [0.717, 1.165) is 58.3 Å². The van der Waals surface area contributed by atoms with E-state index in [1.807, 2.05) is 29.6 Å². The van der Waals surface area contributed by atoms with Gasteiger partial charge in [-0.15, -0.1) is 47.5 Å². The van der Waals surface area contributed by atoms with E-state index in [1.54, 1.807) is 45.9 Å². The highest BCUT2D eigenvalue weighted by molar-refractivity contribution is 7.17. The first-order valence-electron chi connectivity index (χ1n) is 19.2. The number of nitrogens with zero attached hydrogens (tertiary/aromatic N) is 3. The topological polar surface area (TPSA) is 172 Å². The molecule has 0 radical (unpaired) electrons. The van der Waals surface area contributed by atoms with Gasteiger partial charge >= 0.3 is 5.97 Å². The molecular weight excluding hydrogens is 860 g/mol. The number of carbonyl (C=O) groups excluding carboxylic acids is 3. The van der Waals surface area contributed by atoms with Crippen LogP contribution in [0.2, 0.25) is 0 Å². The number of nitrogens with one attached hydrogen (secondary N) is 3. The maximum atomic E-state index is 12.4. The van der Waals surface area contributed by atoms with Crippen LogP contribution in [0.25, 0.3) is 32.3 Å². The minimum absolute atomic E-state index is 0. The Labute approximate surface area is 371 Å². The molecule has 0 saturated carbocycles. The Balaban J connectivity index is 0.000000165. The number of likely N-dealkylation sites (tertiary alicyclic amines) is 1. The van der Waals surface area contributed by atoms with Gasteiger partial charge in [0.1, 0.15) is 35.3 Å². The number of carboxylic acid groups (broad SMARTS) is 1. The van der Waals surface area contributed by atoms with E-state index in [2.05, 4.69) is 67.7 Å². The molecule has 13 nitrogen and oxygen atoms in total. The van der Waals surface area contributed by atoms with E-state index >= 15 is 0 Å². The number of carboxylic acids is 1. The fourth-order valence-electron chi connectivity index (χ4n) is 6.66. The van der Waals surface area contributed by atoms with Crippen LogP contribution in [0.4, 0.5) is 11.6 Å². The number of rotatable bonds is 8. The largest absolute Gasteiger partial charge is 0.486 e. The predicted octanol–water partition coefficient (Wildman–Crippen LogP) is 7.64. The second-order valence-corrected chi connectivity index (χ2v) is 16.0. The van der Waals surface area contributed by atoms with Crippen molar-refractivity contribution in [1.29, 1.82) is 0 Å². The number of hydrogen-bond donors (Lipinski definition) is 4. The Morgan fingerprint density at radius 1 is 0.705 bits per heavy atom.